The Morgan fingerprint density at radius 2 is 2.08 bits per heavy atom. The maximum absolute atomic E-state index is 9.76. The predicted octanol–water partition coefficient (Wildman–Crippen LogP) is 1.31. The Morgan fingerprint density at radius 3 is 2.83 bits per heavy atom. The molecule has 0 atom stereocenters. The molecule has 0 unspecified atom stereocenters. The van der Waals surface area contributed by atoms with Gasteiger partial charge in [0.2, 0.25) is 0 Å². The molecule has 0 saturated heterocycles. The van der Waals surface area contributed by atoms with Gasteiger partial charge in [0.15, 0.2) is 0 Å². The molecule has 0 aliphatic carbocycles. The van der Waals surface area contributed by atoms with Crippen molar-refractivity contribution in [3.63, 3.8) is 0 Å². The van der Waals surface area contributed by atoms with Crippen molar-refractivity contribution in [3.05, 3.63) is 22.8 Å². The summed E-state index contributed by atoms with van der Waals surface area (Å²) in [4.78, 5) is 0. The van der Waals surface area contributed by atoms with Gasteiger partial charge in [-0.25, -0.2) is 0 Å². The third-order valence-corrected chi connectivity index (χ3v) is 4.75. The van der Waals surface area contributed by atoms with Gasteiger partial charge in [0.05, 0.1) is 0 Å². The topological polar surface area (TPSA) is 20.2 Å². The van der Waals surface area contributed by atoms with E-state index in [1.54, 1.807) is 0 Å². The fraction of sp³-hybridized carbons (Fsp3) is 0.400. The molecule has 1 aliphatic rings. The number of phenols is 1. The second-order valence-corrected chi connectivity index (χ2v) is 5.58. The van der Waals surface area contributed by atoms with Crippen molar-refractivity contribution >= 4 is 19.4 Å². The van der Waals surface area contributed by atoms with E-state index in [0.29, 0.717) is 20.7 Å². The molecule has 1 aromatic carbocycles. The van der Waals surface area contributed by atoms with Crippen LogP contribution in [0.4, 0.5) is 0 Å². The number of fused-ring (bicyclic) bond motifs is 1. The van der Waals surface area contributed by atoms with Crippen molar-refractivity contribution in [2.24, 2.45) is 0 Å². The standard InChI is InChI=1S/C10H12OSe/c1-6-5-7(2)9(11)10-8(6)3-4-12-10/h5,11H,3-4H2,1-2H3. The molecule has 0 aromatic heterocycles. The molecular formula is C10H12OSe. The number of benzene rings is 1. The van der Waals surface area contributed by atoms with Gasteiger partial charge in [-0.3, -0.25) is 0 Å². The zero-order chi connectivity index (χ0) is 8.72. The van der Waals surface area contributed by atoms with Crippen LogP contribution in [-0.4, -0.2) is 20.1 Å². The van der Waals surface area contributed by atoms with E-state index < -0.39 is 0 Å². The van der Waals surface area contributed by atoms with E-state index in [4.69, 9.17) is 0 Å². The number of hydrogen-bond acceptors (Lipinski definition) is 1. The SMILES string of the molecule is Cc1cc(C)c2c(c1O)[Se]CC2. The first kappa shape index (κ1) is 8.15. The molecule has 0 bridgehead atoms. The van der Waals surface area contributed by atoms with Crippen molar-refractivity contribution in [1.82, 2.24) is 0 Å². The van der Waals surface area contributed by atoms with Crippen LogP contribution in [0.15, 0.2) is 6.07 Å². The van der Waals surface area contributed by atoms with Crippen molar-refractivity contribution in [3.8, 4) is 5.75 Å². The van der Waals surface area contributed by atoms with E-state index in [0.717, 1.165) is 5.56 Å². The molecule has 64 valence electrons. The van der Waals surface area contributed by atoms with Gasteiger partial charge in [-0.2, -0.15) is 0 Å². The van der Waals surface area contributed by atoms with Gasteiger partial charge < -0.3 is 0 Å². The van der Waals surface area contributed by atoms with Crippen molar-refractivity contribution in [1.29, 1.82) is 0 Å². The number of aromatic hydroxyl groups is 1. The number of aryl methyl sites for hydroxylation is 2. The maximum atomic E-state index is 9.76. The molecule has 1 aromatic rings. The minimum absolute atomic E-state index is 0.524. The fourth-order valence-electron chi connectivity index (χ4n) is 1.70. The Morgan fingerprint density at radius 1 is 1.33 bits per heavy atom. The molecule has 1 aliphatic heterocycles. The summed E-state index contributed by atoms with van der Waals surface area (Å²) in [6, 6.07) is 2.09. The summed E-state index contributed by atoms with van der Waals surface area (Å²) in [5.74, 6) is 0.563. The van der Waals surface area contributed by atoms with E-state index in [9.17, 15) is 5.11 Å². The molecule has 2 rings (SSSR count). The molecule has 2 heteroatoms. The number of rotatable bonds is 0. The first-order valence-electron chi connectivity index (χ1n) is 4.15. The number of phenolic OH excluding ortho intramolecular Hbond substituents is 1. The average molecular weight is 227 g/mol. The van der Waals surface area contributed by atoms with Gasteiger partial charge in [-0.15, -0.1) is 0 Å². The van der Waals surface area contributed by atoms with Gasteiger partial charge in [-0.05, 0) is 0 Å². The van der Waals surface area contributed by atoms with Gasteiger partial charge in [0, 0.05) is 0 Å². The second-order valence-electron chi connectivity index (χ2n) is 3.27. The van der Waals surface area contributed by atoms with Crippen LogP contribution in [0.3, 0.4) is 0 Å². The molecule has 0 saturated carbocycles. The Bertz CT molecular complexity index is 331. The normalized spacial score (nSPS) is 14.8. The molecule has 1 heterocycles. The molecular weight excluding hydrogens is 215 g/mol. The fourth-order valence-corrected chi connectivity index (χ4v) is 4.32. The Labute approximate surface area is 79.0 Å². The van der Waals surface area contributed by atoms with Crippen LogP contribution in [0.5, 0.6) is 5.75 Å². The third-order valence-electron chi connectivity index (χ3n) is 2.37. The summed E-state index contributed by atoms with van der Waals surface area (Å²) in [6.45, 7) is 4.13. The number of hydrogen-bond donors (Lipinski definition) is 1. The van der Waals surface area contributed by atoms with Crippen LogP contribution in [0.1, 0.15) is 16.7 Å². The zero-order valence-electron chi connectivity index (χ0n) is 7.35. The first-order chi connectivity index (χ1) is 5.70. The molecule has 0 amide bonds. The molecule has 0 spiro atoms. The average Bonchev–Trinajstić information content (AvgIpc) is 2.48. The molecule has 0 radical (unpaired) electrons. The van der Waals surface area contributed by atoms with Gasteiger partial charge in [0.1, 0.15) is 0 Å². The molecule has 12 heavy (non-hydrogen) atoms. The summed E-state index contributed by atoms with van der Waals surface area (Å²) in [6.07, 6.45) is 1.18. The minimum atomic E-state index is 0.524. The Kier molecular flexibility index (Phi) is 1.90. The van der Waals surface area contributed by atoms with Gasteiger partial charge >= 0.3 is 78.6 Å². The van der Waals surface area contributed by atoms with Crippen LogP contribution >= 0.6 is 0 Å². The van der Waals surface area contributed by atoms with Crippen LogP contribution in [0, 0.1) is 13.8 Å². The zero-order valence-corrected chi connectivity index (χ0v) is 9.06. The van der Waals surface area contributed by atoms with E-state index in [-0.39, 0.29) is 0 Å². The van der Waals surface area contributed by atoms with Crippen molar-refractivity contribution < 1.29 is 5.11 Å². The van der Waals surface area contributed by atoms with E-state index in [1.165, 1.54) is 27.3 Å². The van der Waals surface area contributed by atoms with Gasteiger partial charge in [0.25, 0.3) is 0 Å². The third kappa shape index (κ3) is 1.07. The van der Waals surface area contributed by atoms with Crippen LogP contribution in [0.25, 0.3) is 0 Å². The summed E-state index contributed by atoms with van der Waals surface area (Å²) in [5.41, 5.74) is 3.81. The summed E-state index contributed by atoms with van der Waals surface area (Å²) >= 11 is 0.524. The second kappa shape index (κ2) is 2.79. The van der Waals surface area contributed by atoms with Crippen molar-refractivity contribution in [2.75, 3.05) is 0 Å². The van der Waals surface area contributed by atoms with Crippen LogP contribution in [-0.2, 0) is 6.42 Å². The Balaban J connectivity index is 2.69. The first-order valence-corrected chi connectivity index (χ1v) is 6.22. The van der Waals surface area contributed by atoms with E-state index in [2.05, 4.69) is 13.0 Å². The molecule has 0 fully saturated rings. The summed E-state index contributed by atoms with van der Waals surface area (Å²) in [5, 5.41) is 11.0. The monoisotopic (exact) mass is 228 g/mol. The summed E-state index contributed by atoms with van der Waals surface area (Å²) < 4.78 is 1.26. The predicted molar refractivity (Wildman–Crippen MR) is 51.5 cm³/mol. The quantitative estimate of drug-likeness (QED) is 0.662. The van der Waals surface area contributed by atoms with E-state index >= 15 is 0 Å². The van der Waals surface area contributed by atoms with Crippen LogP contribution < -0.4 is 4.46 Å². The van der Waals surface area contributed by atoms with Gasteiger partial charge in [-0.1, -0.05) is 0 Å². The van der Waals surface area contributed by atoms with Crippen LogP contribution in [0.2, 0.25) is 5.32 Å². The van der Waals surface area contributed by atoms with Crippen molar-refractivity contribution in [2.45, 2.75) is 25.6 Å². The Hall–Kier alpha value is -0.461. The molecule has 1 N–H and O–H groups in total. The molecule has 1 nitrogen and oxygen atoms in total. The summed E-state index contributed by atoms with van der Waals surface area (Å²) in [7, 11) is 0. The van der Waals surface area contributed by atoms with E-state index in [1.807, 2.05) is 6.92 Å².